The van der Waals surface area contributed by atoms with Crippen molar-refractivity contribution in [2.45, 2.75) is 0 Å². The molecule has 0 saturated heterocycles. The number of nitrogens with zero attached hydrogens (tertiary/aromatic N) is 6. The minimum absolute atomic E-state index is 0.593. The molecule has 3 aromatic carbocycles. The van der Waals surface area contributed by atoms with E-state index in [2.05, 4.69) is 76.7 Å². The largest absolute Gasteiger partial charge is 0.265 e. The first-order chi connectivity index (χ1) is 22.8. The molecule has 0 aliphatic carbocycles. The molecule has 46 heavy (non-hydrogen) atoms. The fraction of sp³-hybridized carbons (Fsp3) is 0. The molecule has 6 nitrogen and oxygen atoms in total. The highest BCUT2D eigenvalue weighted by Gasteiger charge is 2.18. The van der Waals surface area contributed by atoms with Crippen molar-refractivity contribution < 1.29 is 0 Å². The lowest BCUT2D eigenvalue weighted by atomic mass is 9.93. The number of hydrogen-bond donors (Lipinski definition) is 0. The maximum absolute atomic E-state index is 5.22. The van der Waals surface area contributed by atoms with Crippen molar-refractivity contribution in [2.24, 2.45) is 0 Å². The van der Waals surface area contributed by atoms with Gasteiger partial charge in [0.25, 0.3) is 0 Å². The quantitative estimate of drug-likeness (QED) is 0.192. The Balaban J connectivity index is 1.36. The summed E-state index contributed by atoms with van der Waals surface area (Å²) in [5.41, 5.74) is 11.4. The van der Waals surface area contributed by atoms with Crippen LogP contribution in [0.25, 0.3) is 78.3 Å². The highest BCUT2D eigenvalue weighted by atomic mass is 14.9. The second-order valence-electron chi connectivity index (χ2n) is 10.9. The van der Waals surface area contributed by atoms with E-state index in [0.717, 1.165) is 72.5 Å². The van der Waals surface area contributed by atoms with Crippen molar-refractivity contribution in [1.29, 1.82) is 0 Å². The molecule has 8 rings (SSSR count). The predicted molar refractivity (Wildman–Crippen MR) is 183 cm³/mol. The van der Waals surface area contributed by atoms with Gasteiger partial charge in [-0.25, -0.2) is 9.97 Å². The molecule has 0 amide bonds. The predicted octanol–water partition coefficient (Wildman–Crippen LogP) is 9.21. The molecule has 0 aliphatic heterocycles. The Morgan fingerprint density at radius 2 is 1.07 bits per heavy atom. The number of aromatic nitrogens is 6. The Bertz CT molecular complexity index is 2260. The minimum Gasteiger partial charge on any atom is -0.265 e. The highest BCUT2D eigenvalue weighted by molar-refractivity contribution is 6.04. The standard InChI is InChI=1S/C40H26N6/c1-3-8-27(9-4-1)33-22-34(28-10-5-2-6-11-28)39-35(23-33)38(31-13-15-36(43-25-31)29-17-20-41-21-18-29)45-40(46-39)32-14-16-37(44-26-32)30-12-7-19-42-24-30/h1-26H. The summed E-state index contributed by atoms with van der Waals surface area (Å²) in [6, 6.07) is 41.2. The van der Waals surface area contributed by atoms with Gasteiger partial charge in [0.15, 0.2) is 5.82 Å². The van der Waals surface area contributed by atoms with Gasteiger partial charge in [-0.15, -0.1) is 0 Å². The first-order valence-corrected chi connectivity index (χ1v) is 15.0. The maximum atomic E-state index is 5.22. The van der Waals surface area contributed by atoms with Gasteiger partial charge in [-0.2, -0.15) is 0 Å². The van der Waals surface area contributed by atoms with Crippen LogP contribution in [0.2, 0.25) is 0 Å². The Labute approximate surface area is 266 Å². The van der Waals surface area contributed by atoms with Crippen molar-refractivity contribution in [3.8, 4) is 67.4 Å². The average Bonchev–Trinajstić information content (AvgIpc) is 3.15. The molecule has 6 heteroatoms. The molecule has 0 fully saturated rings. The third kappa shape index (κ3) is 5.29. The second-order valence-corrected chi connectivity index (χ2v) is 10.9. The zero-order chi connectivity index (χ0) is 30.7. The molecule has 0 bridgehead atoms. The molecular weight excluding hydrogens is 564 g/mol. The Kier molecular flexibility index (Phi) is 7.05. The van der Waals surface area contributed by atoms with Crippen molar-refractivity contribution >= 4 is 10.9 Å². The van der Waals surface area contributed by atoms with Gasteiger partial charge in [0.1, 0.15) is 0 Å². The molecule has 0 unspecified atom stereocenters. The molecule has 0 spiro atoms. The Hall–Kier alpha value is -6.40. The molecule has 0 N–H and O–H groups in total. The first kappa shape index (κ1) is 27.2. The lowest BCUT2D eigenvalue weighted by Gasteiger charge is -2.15. The number of hydrogen-bond acceptors (Lipinski definition) is 6. The van der Waals surface area contributed by atoms with Gasteiger partial charge in [-0.1, -0.05) is 60.7 Å². The van der Waals surface area contributed by atoms with Crippen LogP contribution < -0.4 is 0 Å². The summed E-state index contributed by atoms with van der Waals surface area (Å²) in [5, 5.41) is 0.947. The normalized spacial score (nSPS) is 11.0. The molecule has 0 atom stereocenters. The van der Waals surface area contributed by atoms with Crippen molar-refractivity contribution in [3.63, 3.8) is 0 Å². The van der Waals surface area contributed by atoms with E-state index in [1.54, 1.807) is 18.6 Å². The van der Waals surface area contributed by atoms with Gasteiger partial charge in [0, 0.05) is 70.4 Å². The van der Waals surface area contributed by atoms with Gasteiger partial charge in [-0.3, -0.25) is 19.9 Å². The van der Waals surface area contributed by atoms with E-state index >= 15 is 0 Å². The molecule has 0 radical (unpaired) electrons. The van der Waals surface area contributed by atoms with Crippen LogP contribution in [0.5, 0.6) is 0 Å². The zero-order valence-corrected chi connectivity index (χ0v) is 24.7. The Morgan fingerprint density at radius 1 is 0.391 bits per heavy atom. The van der Waals surface area contributed by atoms with Crippen LogP contribution in [0.15, 0.2) is 159 Å². The molecule has 5 aromatic heterocycles. The van der Waals surface area contributed by atoms with E-state index in [0.29, 0.717) is 5.82 Å². The van der Waals surface area contributed by atoms with E-state index in [1.165, 1.54) is 0 Å². The summed E-state index contributed by atoms with van der Waals surface area (Å²) in [7, 11) is 0. The van der Waals surface area contributed by atoms with E-state index < -0.39 is 0 Å². The van der Waals surface area contributed by atoms with Gasteiger partial charge in [0.05, 0.1) is 22.6 Å². The van der Waals surface area contributed by atoms with E-state index in [1.807, 2.05) is 73.2 Å². The molecule has 8 aromatic rings. The number of benzene rings is 3. The van der Waals surface area contributed by atoms with Crippen LogP contribution >= 0.6 is 0 Å². The fourth-order valence-corrected chi connectivity index (χ4v) is 5.66. The number of fused-ring (bicyclic) bond motifs is 1. The van der Waals surface area contributed by atoms with Crippen LogP contribution in [-0.2, 0) is 0 Å². The van der Waals surface area contributed by atoms with Crippen LogP contribution in [0.4, 0.5) is 0 Å². The zero-order valence-electron chi connectivity index (χ0n) is 24.7. The van der Waals surface area contributed by atoms with Crippen molar-refractivity contribution in [1.82, 2.24) is 29.9 Å². The van der Waals surface area contributed by atoms with Crippen molar-refractivity contribution in [3.05, 3.63) is 159 Å². The average molecular weight is 591 g/mol. The number of pyridine rings is 4. The summed E-state index contributed by atoms with van der Waals surface area (Å²) in [5.74, 6) is 0.593. The van der Waals surface area contributed by atoms with Gasteiger partial charge < -0.3 is 0 Å². The lowest BCUT2D eigenvalue weighted by Crippen LogP contribution is -1.99. The van der Waals surface area contributed by atoms with Crippen LogP contribution in [0, 0.1) is 0 Å². The molecule has 5 heterocycles. The Morgan fingerprint density at radius 3 is 1.74 bits per heavy atom. The smallest absolute Gasteiger partial charge is 0.162 e. The van der Waals surface area contributed by atoms with Gasteiger partial charge in [-0.05, 0) is 77.4 Å². The van der Waals surface area contributed by atoms with E-state index in [4.69, 9.17) is 19.9 Å². The minimum atomic E-state index is 0.593. The van der Waals surface area contributed by atoms with E-state index in [9.17, 15) is 0 Å². The molecule has 0 saturated carbocycles. The summed E-state index contributed by atoms with van der Waals surface area (Å²) < 4.78 is 0. The van der Waals surface area contributed by atoms with Crippen LogP contribution in [0.1, 0.15) is 0 Å². The lowest BCUT2D eigenvalue weighted by molar-refractivity contribution is 1.20. The second kappa shape index (κ2) is 11.9. The fourth-order valence-electron chi connectivity index (χ4n) is 5.66. The van der Waals surface area contributed by atoms with Gasteiger partial charge in [0.2, 0.25) is 0 Å². The summed E-state index contributed by atoms with van der Waals surface area (Å²) in [4.78, 5) is 28.4. The van der Waals surface area contributed by atoms with Gasteiger partial charge >= 0.3 is 0 Å². The first-order valence-electron chi connectivity index (χ1n) is 15.0. The van der Waals surface area contributed by atoms with Crippen LogP contribution in [0.3, 0.4) is 0 Å². The summed E-state index contributed by atoms with van der Waals surface area (Å²) in [6.45, 7) is 0. The summed E-state index contributed by atoms with van der Waals surface area (Å²) >= 11 is 0. The highest BCUT2D eigenvalue weighted by Crippen LogP contribution is 2.38. The third-order valence-corrected chi connectivity index (χ3v) is 7.98. The van der Waals surface area contributed by atoms with Crippen molar-refractivity contribution in [2.75, 3.05) is 0 Å². The third-order valence-electron chi connectivity index (χ3n) is 7.98. The monoisotopic (exact) mass is 590 g/mol. The number of rotatable bonds is 6. The SMILES string of the molecule is c1ccc(-c2cc(-c3ccccc3)c3nc(-c4ccc(-c5cccnc5)nc4)nc(-c4ccc(-c5ccncc5)nc4)c3c2)cc1. The maximum Gasteiger partial charge on any atom is 0.162 e. The van der Waals surface area contributed by atoms with E-state index in [-0.39, 0.29) is 0 Å². The molecular formula is C40H26N6. The molecule has 216 valence electrons. The van der Waals surface area contributed by atoms with Crippen LogP contribution in [-0.4, -0.2) is 29.9 Å². The topological polar surface area (TPSA) is 77.3 Å². The molecule has 0 aliphatic rings. The summed E-state index contributed by atoms with van der Waals surface area (Å²) in [6.07, 6.45) is 10.8.